The Balaban J connectivity index is 1.72. The molecule has 6 heteroatoms. The zero-order valence-electron chi connectivity index (χ0n) is 20.8. The van der Waals surface area contributed by atoms with Crippen LogP contribution in [0.1, 0.15) is 22.3 Å². The molecule has 0 unspecified atom stereocenters. The summed E-state index contributed by atoms with van der Waals surface area (Å²) in [5.41, 5.74) is 1.38. The molecule has 0 bridgehead atoms. The van der Waals surface area contributed by atoms with Crippen LogP contribution < -0.4 is 4.74 Å². The number of methoxy groups -OCH3 is 1. The molecule has 0 aliphatic heterocycles. The number of hydrogen-bond donors (Lipinski definition) is 1. The summed E-state index contributed by atoms with van der Waals surface area (Å²) in [6.45, 7) is 1.92. The minimum absolute atomic E-state index is 0.107. The first-order valence-electron chi connectivity index (χ1n) is 11.9. The van der Waals surface area contributed by atoms with Crippen molar-refractivity contribution in [2.45, 2.75) is 24.0 Å². The van der Waals surface area contributed by atoms with Crippen LogP contribution in [0.5, 0.6) is 5.75 Å². The van der Waals surface area contributed by atoms with E-state index in [1.165, 1.54) is 4.31 Å². The summed E-state index contributed by atoms with van der Waals surface area (Å²) in [7, 11) is -2.28. The van der Waals surface area contributed by atoms with Gasteiger partial charge in [-0.1, -0.05) is 102 Å². The Morgan fingerprint density at radius 1 is 0.811 bits per heavy atom. The molecule has 0 heterocycles. The topological polar surface area (TPSA) is 66.8 Å². The smallest absolute Gasteiger partial charge is 0.244 e. The summed E-state index contributed by atoms with van der Waals surface area (Å²) >= 11 is 0. The van der Waals surface area contributed by atoms with Crippen LogP contribution in [0.4, 0.5) is 0 Å². The lowest BCUT2D eigenvalue weighted by molar-refractivity contribution is 0.145. The normalized spacial score (nSPS) is 11.6. The highest BCUT2D eigenvalue weighted by Crippen LogP contribution is 2.29. The average Bonchev–Trinajstić information content (AvgIpc) is 2.94. The number of nitrogens with zero attached hydrogens (tertiary/aromatic N) is 1. The molecule has 0 aliphatic rings. The Bertz CT molecular complexity index is 1430. The van der Waals surface area contributed by atoms with Gasteiger partial charge in [0.25, 0.3) is 0 Å². The van der Waals surface area contributed by atoms with E-state index in [-0.39, 0.29) is 18.0 Å². The van der Waals surface area contributed by atoms with Gasteiger partial charge in [-0.25, -0.2) is 8.42 Å². The van der Waals surface area contributed by atoms with Crippen molar-refractivity contribution in [3.63, 3.8) is 0 Å². The van der Waals surface area contributed by atoms with Crippen molar-refractivity contribution in [2.75, 3.05) is 13.7 Å². The van der Waals surface area contributed by atoms with Crippen LogP contribution in [0.15, 0.2) is 114 Å². The molecule has 0 spiro atoms. The summed E-state index contributed by atoms with van der Waals surface area (Å²) in [5, 5.41) is 11.7. The highest BCUT2D eigenvalue weighted by molar-refractivity contribution is 7.89. The maximum Gasteiger partial charge on any atom is 0.244 e. The molecule has 37 heavy (non-hydrogen) atoms. The predicted molar refractivity (Wildman–Crippen MR) is 145 cm³/mol. The van der Waals surface area contributed by atoms with Crippen LogP contribution >= 0.6 is 0 Å². The van der Waals surface area contributed by atoms with Gasteiger partial charge in [-0.2, -0.15) is 4.31 Å². The Labute approximate surface area is 219 Å². The molecule has 188 valence electrons. The molecule has 4 aromatic rings. The van der Waals surface area contributed by atoms with Gasteiger partial charge in [0.05, 0.1) is 18.6 Å². The lowest BCUT2D eigenvalue weighted by Gasteiger charge is -2.24. The van der Waals surface area contributed by atoms with E-state index in [2.05, 4.69) is 11.8 Å². The maximum atomic E-state index is 13.6. The van der Waals surface area contributed by atoms with Crippen molar-refractivity contribution in [3.8, 4) is 17.6 Å². The second-order valence-electron chi connectivity index (χ2n) is 8.68. The van der Waals surface area contributed by atoms with Crippen LogP contribution in [0.3, 0.4) is 0 Å². The summed E-state index contributed by atoms with van der Waals surface area (Å²) in [6, 6.07) is 32.3. The van der Waals surface area contributed by atoms with Crippen molar-refractivity contribution in [1.82, 2.24) is 4.31 Å². The summed E-state index contributed by atoms with van der Waals surface area (Å²) in [6.07, 6.45) is 0. The third-order valence-corrected chi connectivity index (χ3v) is 7.89. The number of rotatable bonds is 8. The van der Waals surface area contributed by atoms with Crippen LogP contribution in [-0.4, -0.2) is 31.5 Å². The predicted octanol–water partition coefficient (Wildman–Crippen LogP) is 5.13. The van der Waals surface area contributed by atoms with Crippen molar-refractivity contribution in [3.05, 3.63) is 131 Å². The molecule has 0 radical (unpaired) electrons. The SMILES string of the molecule is COc1ccc(CN(CC#CC(O)(c2ccccc2)c2ccccc2)S(=O)(=O)c2ccc(C)cc2)cc1. The van der Waals surface area contributed by atoms with Crippen molar-refractivity contribution >= 4 is 10.0 Å². The van der Waals surface area contributed by atoms with Crippen molar-refractivity contribution < 1.29 is 18.3 Å². The van der Waals surface area contributed by atoms with Gasteiger partial charge >= 0.3 is 0 Å². The number of aryl methyl sites for hydroxylation is 1. The standard InChI is InChI=1S/C31H29NO4S/c1-25-14-20-30(21-15-25)37(34,35)32(24-26-16-18-29(36-2)19-17-26)23-9-22-31(33,27-10-5-3-6-11-27)28-12-7-4-8-13-28/h3-8,10-21,33H,23-24H2,1-2H3. The molecule has 0 aliphatic carbocycles. The molecule has 0 amide bonds. The summed E-state index contributed by atoms with van der Waals surface area (Å²) in [4.78, 5) is 0.190. The second-order valence-corrected chi connectivity index (χ2v) is 10.6. The van der Waals surface area contributed by atoms with E-state index >= 15 is 0 Å². The molecule has 0 fully saturated rings. The Morgan fingerprint density at radius 2 is 1.35 bits per heavy atom. The second kappa shape index (κ2) is 11.4. The van der Waals surface area contributed by atoms with Gasteiger partial charge in [0.1, 0.15) is 5.75 Å². The van der Waals surface area contributed by atoms with Gasteiger partial charge in [0.2, 0.25) is 10.0 Å². The molecular weight excluding hydrogens is 482 g/mol. The largest absolute Gasteiger partial charge is 0.497 e. The summed E-state index contributed by atoms with van der Waals surface area (Å²) < 4.78 is 33.8. The van der Waals surface area contributed by atoms with Crippen LogP contribution in [0, 0.1) is 18.8 Å². The number of benzene rings is 4. The molecule has 0 saturated heterocycles. The quantitative estimate of drug-likeness (QED) is 0.333. The first-order valence-corrected chi connectivity index (χ1v) is 13.3. The minimum Gasteiger partial charge on any atom is -0.497 e. The van der Waals surface area contributed by atoms with Gasteiger partial charge in [-0.3, -0.25) is 0 Å². The highest BCUT2D eigenvalue weighted by Gasteiger charge is 2.30. The van der Waals surface area contributed by atoms with Crippen molar-refractivity contribution in [2.24, 2.45) is 0 Å². The third-order valence-electron chi connectivity index (χ3n) is 6.08. The Kier molecular flexibility index (Phi) is 8.10. The van der Waals surface area contributed by atoms with Crippen LogP contribution in [0.2, 0.25) is 0 Å². The molecule has 0 atom stereocenters. The fraction of sp³-hybridized carbons (Fsp3) is 0.161. The zero-order valence-corrected chi connectivity index (χ0v) is 21.7. The van der Waals surface area contributed by atoms with E-state index < -0.39 is 15.6 Å². The van der Waals surface area contributed by atoms with Gasteiger partial charge in [0, 0.05) is 17.7 Å². The minimum atomic E-state index is -3.86. The van der Waals surface area contributed by atoms with Crippen LogP contribution in [0.25, 0.3) is 0 Å². The Morgan fingerprint density at radius 3 is 1.86 bits per heavy atom. The van der Waals surface area contributed by atoms with E-state index in [1.807, 2.05) is 55.5 Å². The fourth-order valence-electron chi connectivity index (χ4n) is 3.95. The molecule has 0 aromatic heterocycles. The molecular formula is C31H29NO4S. The van der Waals surface area contributed by atoms with E-state index in [9.17, 15) is 13.5 Å². The van der Waals surface area contributed by atoms with E-state index in [4.69, 9.17) is 4.74 Å². The first kappa shape index (κ1) is 26.2. The maximum absolute atomic E-state index is 13.6. The van der Waals surface area contributed by atoms with Gasteiger partial charge in [-0.15, -0.1) is 0 Å². The molecule has 4 rings (SSSR count). The monoisotopic (exact) mass is 511 g/mol. The summed E-state index contributed by atoms with van der Waals surface area (Å²) in [5.74, 6) is 6.64. The number of aliphatic hydroxyl groups is 1. The van der Waals surface area contributed by atoms with E-state index in [0.717, 1.165) is 11.1 Å². The highest BCUT2D eigenvalue weighted by atomic mass is 32.2. The lowest BCUT2D eigenvalue weighted by atomic mass is 9.87. The molecule has 4 aromatic carbocycles. The van der Waals surface area contributed by atoms with E-state index in [0.29, 0.717) is 16.9 Å². The zero-order chi connectivity index (χ0) is 26.3. The fourth-order valence-corrected chi connectivity index (χ4v) is 5.28. The lowest BCUT2D eigenvalue weighted by Crippen LogP contribution is -2.32. The van der Waals surface area contributed by atoms with Crippen LogP contribution in [-0.2, 0) is 22.2 Å². The number of hydrogen-bond acceptors (Lipinski definition) is 4. The third kappa shape index (κ3) is 6.10. The molecule has 0 saturated carbocycles. The first-order chi connectivity index (χ1) is 17.8. The van der Waals surface area contributed by atoms with Gasteiger partial charge in [-0.05, 0) is 36.8 Å². The molecule has 1 N–H and O–H groups in total. The van der Waals surface area contributed by atoms with Gasteiger partial charge in [0.15, 0.2) is 5.60 Å². The Hall–Kier alpha value is -3.89. The number of sulfonamides is 1. The number of ether oxygens (including phenoxy) is 1. The molecule has 5 nitrogen and oxygen atoms in total. The average molecular weight is 512 g/mol. The van der Waals surface area contributed by atoms with Gasteiger partial charge < -0.3 is 9.84 Å². The van der Waals surface area contributed by atoms with E-state index in [1.54, 1.807) is 67.8 Å². The van der Waals surface area contributed by atoms with Crippen molar-refractivity contribution in [1.29, 1.82) is 0 Å².